The van der Waals surface area contributed by atoms with Gasteiger partial charge in [-0.3, -0.25) is 14.9 Å². The molecule has 0 spiro atoms. The molecule has 8 heteroatoms. The molecule has 0 bridgehead atoms. The highest BCUT2D eigenvalue weighted by molar-refractivity contribution is 6.30. The Bertz CT molecular complexity index is 758. The Balaban J connectivity index is 2.41. The number of nitrogens with one attached hydrogen (secondary N) is 1. The van der Waals surface area contributed by atoms with E-state index in [-0.39, 0.29) is 5.56 Å². The maximum atomic E-state index is 12.2. The number of hydrogen-bond donors (Lipinski definition) is 2. The van der Waals surface area contributed by atoms with Crippen molar-refractivity contribution in [2.75, 3.05) is 5.32 Å². The van der Waals surface area contributed by atoms with Gasteiger partial charge < -0.3 is 10.4 Å². The second kappa shape index (κ2) is 6.23. The van der Waals surface area contributed by atoms with Crippen molar-refractivity contribution >= 4 is 34.9 Å². The molecular formula is C14H9ClN2O5. The van der Waals surface area contributed by atoms with E-state index in [4.69, 9.17) is 16.7 Å². The Kier molecular flexibility index (Phi) is 4.38. The Morgan fingerprint density at radius 3 is 2.32 bits per heavy atom. The molecular weight excluding hydrogens is 312 g/mol. The predicted molar refractivity (Wildman–Crippen MR) is 79.5 cm³/mol. The summed E-state index contributed by atoms with van der Waals surface area (Å²) in [5, 5.41) is 23.0. The van der Waals surface area contributed by atoms with Crippen LogP contribution in [0, 0.1) is 10.1 Å². The Labute approximate surface area is 129 Å². The lowest BCUT2D eigenvalue weighted by atomic mass is 10.0. The number of carbonyl (C=O) groups is 2. The second-order valence-electron chi connectivity index (χ2n) is 4.22. The topological polar surface area (TPSA) is 110 Å². The number of amides is 1. The van der Waals surface area contributed by atoms with Gasteiger partial charge in [0.2, 0.25) is 0 Å². The molecule has 7 nitrogen and oxygen atoms in total. The number of nitrogens with zero attached hydrogens (tertiary/aromatic N) is 1. The van der Waals surface area contributed by atoms with E-state index in [9.17, 15) is 19.7 Å². The van der Waals surface area contributed by atoms with Gasteiger partial charge in [-0.2, -0.15) is 0 Å². The van der Waals surface area contributed by atoms with E-state index in [0.29, 0.717) is 10.7 Å². The molecule has 2 aromatic rings. The van der Waals surface area contributed by atoms with Crippen LogP contribution < -0.4 is 5.32 Å². The summed E-state index contributed by atoms with van der Waals surface area (Å²) in [6, 6.07) is 9.63. The van der Waals surface area contributed by atoms with Gasteiger partial charge in [-0.1, -0.05) is 17.7 Å². The summed E-state index contributed by atoms with van der Waals surface area (Å²) in [7, 11) is 0. The smallest absolute Gasteiger partial charge is 0.343 e. The predicted octanol–water partition coefficient (Wildman–Crippen LogP) is 3.20. The minimum Gasteiger partial charge on any atom is -0.477 e. The number of aromatic carboxylic acids is 1. The fourth-order valence-electron chi connectivity index (χ4n) is 1.84. The molecule has 0 heterocycles. The summed E-state index contributed by atoms with van der Waals surface area (Å²) in [5.74, 6) is -2.31. The van der Waals surface area contributed by atoms with Crippen molar-refractivity contribution in [2.24, 2.45) is 0 Å². The number of nitro benzene ring substituents is 1. The van der Waals surface area contributed by atoms with Crippen LogP contribution in [-0.4, -0.2) is 21.9 Å². The molecule has 0 radical (unpaired) electrons. The van der Waals surface area contributed by atoms with E-state index in [1.807, 2.05) is 0 Å². The van der Waals surface area contributed by atoms with Crippen LogP contribution in [0.5, 0.6) is 0 Å². The second-order valence-corrected chi connectivity index (χ2v) is 4.66. The molecule has 0 fully saturated rings. The molecule has 0 aromatic heterocycles. The van der Waals surface area contributed by atoms with Crippen LogP contribution in [0.1, 0.15) is 20.7 Å². The summed E-state index contributed by atoms with van der Waals surface area (Å²) >= 11 is 5.72. The number of halogens is 1. The molecule has 2 aromatic carbocycles. The molecule has 2 N–H and O–H groups in total. The number of benzene rings is 2. The van der Waals surface area contributed by atoms with Crippen LogP contribution in [0.2, 0.25) is 5.02 Å². The van der Waals surface area contributed by atoms with E-state index < -0.39 is 28.1 Å². The van der Waals surface area contributed by atoms with E-state index in [1.165, 1.54) is 24.3 Å². The van der Waals surface area contributed by atoms with Crippen molar-refractivity contribution in [3.05, 3.63) is 68.7 Å². The summed E-state index contributed by atoms with van der Waals surface area (Å²) in [6.45, 7) is 0. The van der Waals surface area contributed by atoms with Crippen molar-refractivity contribution in [3.63, 3.8) is 0 Å². The number of rotatable bonds is 4. The molecule has 2 rings (SSSR count). The van der Waals surface area contributed by atoms with Crippen LogP contribution in [0.4, 0.5) is 11.4 Å². The molecule has 112 valence electrons. The average molecular weight is 321 g/mol. The zero-order valence-corrected chi connectivity index (χ0v) is 11.7. The van der Waals surface area contributed by atoms with Crippen LogP contribution >= 0.6 is 11.6 Å². The van der Waals surface area contributed by atoms with Gasteiger partial charge in [-0.15, -0.1) is 0 Å². The van der Waals surface area contributed by atoms with Crippen molar-refractivity contribution < 1.29 is 19.6 Å². The summed E-state index contributed by atoms with van der Waals surface area (Å²) in [6.07, 6.45) is 0. The standard InChI is InChI=1S/C14H9ClN2O5/c15-8-4-6-9(7-5-8)16-13(18)10-2-1-3-11(17(21)22)12(10)14(19)20/h1-7H,(H,16,18)(H,19,20). The number of carboxylic acids is 1. The highest BCUT2D eigenvalue weighted by atomic mass is 35.5. The third kappa shape index (κ3) is 3.21. The van der Waals surface area contributed by atoms with Gasteiger partial charge in [0.1, 0.15) is 5.56 Å². The molecule has 0 saturated carbocycles. The molecule has 1 amide bonds. The van der Waals surface area contributed by atoms with Gasteiger partial charge in [0, 0.05) is 16.8 Å². The highest BCUT2D eigenvalue weighted by Crippen LogP contribution is 2.23. The Morgan fingerprint density at radius 2 is 1.77 bits per heavy atom. The van der Waals surface area contributed by atoms with Crippen LogP contribution in [0.15, 0.2) is 42.5 Å². The first kappa shape index (κ1) is 15.5. The molecule has 0 unspecified atom stereocenters. The third-order valence-electron chi connectivity index (χ3n) is 2.80. The molecule has 0 saturated heterocycles. The van der Waals surface area contributed by atoms with E-state index in [2.05, 4.69) is 5.32 Å². The Morgan fingerprint density at radius 1 is 1.14 bits per heavy atom. The van der Waals surface area contributed by atoms with E-state index in [0.717, 1.165) is 6.07 Å². The monoisotopic (exact) mass is 320 g/mol. The fraction of sp³-hybridized carbons (Fsp3) is 0. The molecule has 0 aliphatic rings. The highest BCUT2D eigenvalue weighted by Gasteiger charge is 2.26. The van der Waals surface area contributed by atoms with Gasteiger partial charge in [0.05, 0.1) is 10.5 Å². The molecule has 0 atom stereocenters. The fourth-order valence-corrected chi connectivity index (χ4v) is 1.96. The number of carbonyl (C=O) groups excluding carboxylic acids is 1. The van der Waals surface area contributed by atoms with Crippen molar-refractivity contribution in [2.45, 2.75) is 0 Å². The van der Waals surface area contributed by atoms with Gasteiger partial charge in [0.15, 0.2) is 0 Å². The molecule has 0 aliphatic carbocycles. The quantitative estimate of drug-likeness (QED) is 0.664. The lowest BCUT2D eigenvalue weighted by molar-refractivity contribution is -0.385. The van der Waals surface area contributed by atoms with Gasteiger partial charge in [-0.25, -0.2) is 4.79 Å². The maximum absolute atomic E-state index is 12.2. The minimum absolute atomic E-state index is 0.295. The first-order valence-electron chi connectivity index (χ1n) is 5.97. The minimum atomic E-state index is -1.55. The number of hydrogen-bond acceptors (Lipinski definition) is 4. The summed E-state index contributed by atoms with van der Waals surface area (Å²) in [5.41, 5.74) is -1.20. The van der Waals surface area contributed by atoms with Gasteiger partial charge in [-0.05, 0) is 30.3 Å². The van der Waals surface area contributed by atoms with Gasteiger partial charge in [0.25, 0.3) is 11.6 Å². The molecule has 0 aliphatic heterocycles. The van der Waals surface area contributed by atoms with Crippen LogP contribution in [-0.2, 0) is 0 Å². The van der Waals surface area contributed by atoms with Crippen molar-refractivity contribution in [3.8, 4) is 0 Å². The normalized spacial score (nSPS) is 10.0. The Hall–Kier alpha value is -2.93. The van der Waals surface area contributed by atoms with E-state index in [1.54, 1.807) is 12.1 Å². The lowest BCUT2D eigenvalue weighted by Gasteiger charge is -2.08. The average Bonchev–Trinajstić information content (AvgIpc) is 2.48. The number of nitro groups is 1. The lowest BCUT2D eigenvalue weighted by Crippen LogP contribution is -2.17. The first-order chi connectivity index (χ1) is 10.4. The maximum Gasteiger partial charge on any atom is 0.343 e. The summed E-state index contributed by atoms with van der Waals surface area (Å²) in [4.78, 5) is 33.5. The zero-order chi connectivity index (χ0) is 16.3. The number of carboxylic acid groups (broad SMARTS) is 1. The largest absolute Gasteiger partial charge is 0.477 e. The van der Waals surface area contributed by atoms with Crippen molar-refractivity contribution in [1.82, 2.24) is 0 Å². The summed E-state index contributed by atoms with van der Waals surface area (Å²) < 4.78 is 0. The van der Waals surface area contributed by atoms with Crippen LogP contribution in [0.25, 0.3) is 0 Å². The van der Waals surface area contributed by atoms with Crippen LogP contribution in [0.3, 0.4) is 0 Å². The van der Waals surface area contributed by atoms with Gasteiger partial charge >= 0.3 is 5.97 Å². The SMILES string of the molecule is O=C(Nc1ccc(Cl)cc1)c1cccc([N+](=O)[O-])c1C(=O)O. The van der Waals surface area contributed by atoms with Crippen molar-refractivity contribution in [1.29, 1.82) is 0 Å². The zero-order valence-electron chi connectivity index (χ0n) is 10.9. The molecule has 22 heavy (non-hydrogen) atoms. The third-order valence-corrected chi connectivity index (χ3v) is 3.05. The first-order valence-corrected chi connectivity index (χ1v) is 6.35. The number of anilines is 1. The van der Waals surface area contributed by atoms with E-state index >= 15 is 0 Å².